The average molecular weight is 351 g/mol. The Morgan fingerprint density at radius 2 is 2.04 bits per heavy atom. The zero-order valence-corrected chi connectivity index (χ0v) is 15.5. The van der Waals surface area contributed by atoms with Crippen LogP contribution in [-0.2, 0) is 6.54 Å². The van der Waals surface area contributed by atoms with Gasteiger partial charge in [0.05, 0.1) is 5.75 Å². The second-order valence-corrected chi connectivity index (χ2v) is 7.96. The Morgan fingerprint density at radius 3 is 2.70 bits per heavy atom. The highest BCUT2D eigenvalue weighted by molar-refractivity contribution is 8.01. The van der Waals surface area contributed by atoms with E-state index in [0.29, 0.717) is 5.75 Å². The molecule has 5 nitrogen and oxygen atoms in total. The van der Waals surface area contributed by atoms with E-state index in [4.69, 9.17) is 0 Å². The molecule has 0 spiro atoms. The van der Waals surface area contributed by atoms with Crippen molar-refractivity contribution >= 4 is 34.0 Å². The third-order valence-electron chi connectivity index (χ3n) is 4.29. The molecule has 3 heterocycles. The second-order valence-electron chi connectivity index (χ2n) is 5.79. The lowest BCUT2D eigenvalue weighted by Crippen LogP contribution is -2.17. The number of hydrogen-bond acceptors (Lipinski definition) is 6. The Hall–Kier alpha value is -1.34. The van der Waals surface area contributed by atoms with E-state index in [1.807, 2.05) is 19.9 Å². The van der Waals surface area contributed by atoms with E-state index < -0.39 is 0 Å². The first-order valence-corrected chi connectivity index (χ1v) is 9.81. The van der Waals surface area contributed by atoms with Crippen LogP contribution in [-0.4, -0.2) is 39.4 Å². The first kappa shape index (κ1) is 16.5. The summed E-state index contributed by atoms with van der Waals surface area (Å²) in [7, 11) is 0. The van der Waals surface area contributed by atoms with Crippen LogP contribution in [0.1, 0.15) is 41.5 Å². The molecule has 23 heavy (non-hydrogen) atoms. The molecule has 2 aromatic rings. The van der Waals surface area contributed by atoms with E-state index in [9.17, 15) is 4.79 Å². The van der Waals surface area contributed by atoms with E-state index in [1.165, 1.54) is 24.6 Å². The molecule has 0 N–H and O–H groups in total. The third-order valence-corrected chi connectivity index (χ3v) is 6.41. The fraction of sp³-hybridized carbons (Fsp3) is 0.562. The minimum atomic E-state index is 0.167. The molecule has 1 aliphatic heterocycles. The van der Waals surface area contributed by atoms with Crippen LogP contribution in [0.3, 0.4) is 0 Å². The van der Waals surface area contributed by atoms with Gasteiger partial charge < -0.3 is 9.47 Å². The number of Topliss-reactive ketones (excluding diaryl/α,β-unsaturated/α-hetero) is 1. The van der Waals surface area contributed by atoms with E-state index >= 15 is 0 Å². The van der Waals surface area contributed by atoms with Crippen molar-refractivity contribution in [2.75, 3.05) is 23.7 Å². The Labute approximate surface area is 145 Å². The molecule has 0 bridgehead atoms. The Balaban J connectivity index is 1.63. The fourth-order valence-corrected chi connectivity index (χ4v) is 4.85. The Morgan fingerprint density at radius 1 is 1.30 bits per heavy atom. The summed E-state index contributed by atoms with van der Waals surface area (Å²) in [5, 5.41) is 9.46. The minimum absolute atomic E-state index is 0.167. The maximum absolute atomic E-state index is 12.5. The van der Waals surface area contributed by atoms with Crippen LogP contribution >= 0.6 is 23.1 Å². The van der Waals surface area contributed by atoms with Crippen molar-refractivity contribution in [3.05, 3.63) is 23.0 Å². The molecule has 0 aliphatic carbocycles. The monoisotopic (exact) mass is 350 g/mol. The normalized spacial score (nSPS) is 14.7. The van der Waals surface area contributed by atoms with Crippen LogP contribution in [0.15, 0.2) is 10.4 Å². The molecule has 0 unspecified atom stereocenters. The number of thioether (sulfide) groups is 1. The number of hydrogen-bond donors (Lipinski definition) is 0. The van der Waals surface area contributed by atoms with E-state index in [-0.39, 0.29) is 5.78 Å². The molecule has 0 atom stereocenters. The average Bonchev–Trinajstić information content (AvgIpc) is 3.24. The molecule has 1 saturated heterocycles. The number of nitrogens with zero attached hydrogens (tertiary/aromatic N) is 4. The Kier molecular flexibility index (Phi) is 5.06. The summed E-state index contributed by atoms with van der Waals surface area (Å²) in [6.07, 6.45) is 2.46. The third kappa shape index (κ3) is 3.45. The van der Waals surface area contributed by atoms with Crippen molar-refractivity contribution in [3.8, 4) is 0 Å². The SMILES string of the molecule is CCn1c(C)cc(C(=O)CSc2nnc(N3CCCC3)s2)c1C. The highest BCUT2D eigenvalue weighted by atomic mass is 32.2. The fourth-order valence-electron chi connectivity index (χ4n) is 3.07. The smallest absolute Gasteiger partial charge is 0.209 e. The number of ketones is 1. The number of carbonyl (C=O) groups is 1. The number of aromatic nitrogens is 3. The molecule has 0 aromatic carbocycles. The number of anilines is 1. The van der Waals surface area contributed by atoms with E-state index in [1.54, 1.807) is 11.3 Å². The van der Waals surface area contributed by atoms with Crippen LogP contribution in [0.4, 0.5) is 5.13 Å². The van der Waals surface area contributed by atoms with Gasteiger partial charge in [0.2, 0.25) is 5.13 Å². The van der Waals surface area contributed by atoms with Gasteiger partial charge >= 0.3 is 0 Å². The molecular formula is C16H22N4OS2. The van der Waals surface area contributed by atoms with Crippen LogP contribution in [0.25, 0.3) is 0 Å². The highest BCUT2D eigenvalue weighted by Gasteiger charge is 2.19. The Bertz CT molecular complexity index is 701. The van der Waals surface area contributed by atoms with Crippen LogP contribution in [0.2, 0.25) is 0 Å². The van der Waals surface area contributed by atoms with Crippen molar-refractivity contribution < 1.29 is 4.79 Å². The summed E-state index contributed by atoms with van der Waals surface area (Å²) < 4.78 is 3.05. The van der Waals surface area contributed by atoms with Gasteiger partial charge in [-0.3, -0.25) is 4.79 Å². The lowest BCUT2D eigenvalue weighted by atomic mass is 10.2. The zero-order chi connectivity index (χ0) is 16.4. The lowest BCUT2D eigenvalue weighted by Gasteiger charge is -2.10. The first-order valence-electron chi connectivity index (χ1n) is 8.01. The summed E-state index contributed by atoms with van der Waals surface area (Å²) >= 11 is 3.09. The summed E-state index contributed by atoms with van der Waals surface area (Å²) in [5.41, 5.74) is 3.04. The summed E-state index contributed by atoms with van der Waals surface area (Å²) in [4.78, 5) is 14.8. The maximum atomic E-state index is 12.5. The van der Waals surface area contributed by atoms with Gasteiger partial charge in [-0.1, -0.05) is 23.1 Å². The molecule has 3 rings (SSSR count). The van der Waals surface area contributed by atoms with Crippen LogP contribution in [0, 0.1) is 13.8 Å². The maximum Gasteiger partial charge on any atom is 0.209 e. The van der Waals surface area contributed by atoms with Crippen molar-refractivity contribution in [3.63, 3.8) is 0 Å². The summed E-state index contributed by atoms with van der Waals surface area (Å²) in [5.74, 6) is 0.587. The number of aryl methyl sites for hydroxylation is 1. The number of carbonyl (C=O) groups excluding carboxylic acids is 1. The predicted octanol–water partition coefficient (Wildman–Crippen LogP) is 3.55. The standard InChI is InChI=1S/C16H22N4OS2/c1-4-20-11(2)9-13(12(20)3)14(21)10-22-16-18-17-15(23-16)19-7-5-6-8-19/h9H,4-8,10H2,1-3H3. The number of rotatable bonds is 6. The predicted molar refractivity (Wildman–Crippen MR) is 96.0 cm³/mol. The molecule has 7 heteroatoms. The minimum Gasteiger partial charge on any atom is -0.349 e. The largest absolute Gasteiger partial charge is 0.349 e. The zero-order valence-electron chi connectivity index (χ0n) is 13.8. The lowest BCUT2D eigenvalue weighted by molar-refractivity contribution is 0.102. The highest BCUT2D eigenvalue weighted by Crippen LogP contribution is 2.30. The van der Waals surface area contributed by atoms with Gasteiger partial charge in [0.1, 0.15) is 0 Å². The first-order chi connectivity index (χ1) is 11.1. The molecule has 0 saturated carbocycles. The second kappa shape index (κ2) is 7.05. The van der Waals surface area contributed by atoms with Crippen LogP contribution < -0.4 is 4.90 Å². The van der Waals surface area contributed by atoms with E-state index in [2.05, 4.69) is 26.6 Å². The molecule has 0 amide bonds. The van der Waals surface area contributed by atoms with Crippen molar-refractivity contribution in [2.24, 2.45) is 0 Å². The quantitative estimate of drug-likeness (QED) is 0.589. The van der Waals surface area contributed by atoms with Crippen molar-refractivity contribution in [2.45, 2.75) is 44.5 Å². The van der Waals surface area contributed by atoms with Crippen molar-refractivity contribution in [1.29, 1.82) is 0 Å². The summed E-state index contributed by atoms with van der Waals surface area (Å²) in [6, 6.07) is 2.00. The van der Waals surface area contributed by atoms with Gasteiger partial charge in [-0.05, 0) is 39.7 Å². The molecule has 0 radical (unpaired) electrons. The van der Waals surface area contributed by atoms with Gasteiger partial charge in [-0.25, -0.2) is 0 Å². The van der Waals surface area contributed by atoms with Crippen molar-refractivity contribution in [1.82, 2.24) is 14.8 Å². The van der Waals surface area contributed by atoms with Gasteiger partial charge in [0.25, 0.3) is 0 Å². The molecule has 1 fully saturated rings. The summed E-state index contributed by atoms with van der Waals surface area (Å²) in [6.45, 7) is 9.21. The molecular weight excluding hydrogens is 328 g/mol. The van der Waals surface area contributed by atoms with Gasteiger partial charge in [0, 0.05) is 36.6 Å². The van der Waals surface area contributed by atoms with Gasteiger partial charge in [0.15, 0.2) is 10.1 Å². The molecule has 2 aromatic heterocycles. The molecule has 1 aliphatic rings. The molecule has 124 valence electrons. The topological polar surface area (TPSA) is 51.0 Å². The van der Waals surface area contributed by atoms with E-state index in [0.717, 1.165) is 46.1 Å². The van der Waals surface area contributed by atoms with Crippen LogP contribution in [0.5, 0.6) is 0 Å². The van der Waals surface area contributed by atoms with Gasteiger partial charge in [-0.2, -0.15) is 0 Å². The van der Waals surface area contributed by atoms with Gasteiger partial charge in [-0.15, -0.1) is 10.2 Å².